The quantitative estimate of drug-likeness (QED) is 0.892. The number of carbonyl (C=O) groups is 1. The number of halogens is 1. The molecule has 0 spiro atoms. The van der Waals surface area contributed by atoms with Crippen LogP contribution >= 0.6 is 11.6 Å². The van der Waals surface area contributed by atoms with Crippen molar-refractivity contribution in [2.45, 2.75) is 6.42 Å². The standard InChI is InChI=1S/C12H14ClN3O/c1-16(2)12(17)5-6-15-10-4-3-9(8-14)11(13)7-10/h3-4,7,15H,5-6H2,1-2H3. The van der Waals surface area contributed by atoms with Gasteiger partial charge in [-0.3, -0.25) is 4.79 Å². The van der Waals surface area contributed by atoms with Crippen molar-refractivity contribution in [1.82, 2.24) is 4.90 Å². The van der Waals surface area contributed by atoms with Crippen LogP contribution in [0.2, 0.25) is 5.02 Å². The Kier molecular flexibility index (Phi) is 4.80. The summed E-state index contributed by atoms with van der Waals surface area (Å²) in [7, 11) is 3.45. The van der Waals surface area contributed by atoms with E-state index >= 15 is 0 Å². The number of nitrogens with zero attached hydrogens (tertiary/aromatic N) is 2. The number of anilines is 1. The van der Waals surface area contributed by atoms with Crippen LogP contribution in [0.3, 0.4) is 0 Å². The molecule has 5 heteroatoms. The van der Waals surface area contributed by atoms with E-state index in [0.717, 1.165) is 5.69 Å². The van der Waals surface area contributed by atoms with Gasteiger partial charge in [0, 0.05) is 32.7 Å². The van der Waals surface area contributed by atoms with Gasteiger partial charge in [-0.15, -0.1) is 0 Å². The normalized spacial score (nSPS) is 9.53. The lowest BCUT2D eigenvalue weighted by Crippen LogP contribution is -2.23. The Morgan fingerprint density at radius 3 is 2.76 bits per heavy atom. The summed E-state index contributed by atoms with van der Waals surface area (Å²) < 4.78 is 0. The summed E-state index contributed by atoms with van der Waals surface area (Å²) in [5.41, 5.74) is 1.25. The van der Waals surface area contributed by atoms with Crippen molar-refractivity contribution in [3.05, 3.63) is 28.8 Å². The minimum absolute atomic E-state index is 0.0669. The SMILES string of the molecule is CN(C)C(=O)CCNc1ccc(C#N)c(Cl)c1. The van der Waals surface area contributed by atoms with Crippen molar-refractivity contribution in [2.24, 2.45) is 0 Å². The molecule has 0 saturated carbocycles. The molecule has 1 amide bonds. The first-order valence-corrected chi connectivity index (χ1v) is 5.56. The number of nitrogens with one attached hydrogen (secondary N) is 1. The molecule has 1 N–H and O–H groups in total. The van der Waals surface area contributed by atoms with Gasteiger partial charge in [0.2, 0.25) is 5.91 Å². The van der Waals surface area contributed by atoms with Crippen molar-refractivity contribution < 1.29 is 4.79 Å². The van der Waals surface area contributed by atoms with Gasteiger partial charge in [-0.2, -0.15) is 5.26 Å². The van der Waals surface area contributed by atoms with Gasteiger partial charge in [-0.05, 0) is 18.2 Å². The molecule has 1 rings (SSSR count). The molecule has 17 heavy (non-hydrogen) atoms. The Morgan fingerprint density at radius 1 is 1.53 bits per heavy atom. The second-order valence-corrected chi connectivity index (χ2v) is 4.18. The lowest BCUT2D eigenvalue weighted by atomic mass is 10.2. The summed E-state index contributed by atoms with van der Waals surface area (Å²) in [6, 6.07) is 7.09. The van der Waals surface area contributed by atoms with Crippen LogP contribution in [-0.2, 0) is 4.79 Å². The molecular weight excluding hydrogens is 238 g/mol. The fourth-order valence-corrected chi connectivity index (χ4v) is 1.48. The lowest BCUT2D eigenvalue weighted by molar-refractivity contribution is -0.128. The van der Waals surface area contributed by atoms with Crippen LogP contribution < -0.4 is 5.32 Å². The van der Waals surface area contributed by atoms with Gasteiger partial charge in [0.1, 0.15) is 6.07 Å². The maximum Gasteiger partial charge on any atom is 0.223 e. The van der Waals surface area contributed by atoms with Crippen LogP contribution in [0.15, 0.2) is 18.2 Å². The van der Waals surface area contributed by atoms with E-state index in [1.165, 1.54) is 0 Å². The monoisotopic (exact) mass is 251 g/mol. The highest BCUT2D eigenvalue weighted by atomic mass is 35.5. The number of hydrogen-bond donors (Lipinski definition) is 1. The molecule has 0 fully saturated rings. The highest BCUT2D eigenvalue weighted by Crippen LogP contribution is 2.19. The van der Waals surface area contributed by atoms with E-state index in [2.05, 4.69) is 5.32 Å². The van der Waals surface area contributed by atoms with Crippen LogP contribution in [0.5, 0.6) is 0 Å². The molecule has 0 aliphatic carbocycles. The summed E-state index contributed by atoms with van der Waals surface area (Å²) in [6.07, 6.45) is 0.421. The van der Waals surface area contributed by atoms with Gasteiger partial charge in [0.15, 0.2) is 0 Å². The molecular formula is C12H14ClN3O. The van der Waals surface area contributed by atoms with Crippen molar-refractivity contribution in [2.75, 3.05) is 26.0 Å². The first kappa shape index (κ1) is 13.3. The average molecular weight is 252 g/mol. The third-order valence-electron chi connectivity index (χ3n) is 2.26. The zero-order chi connectivity index (χ0) is 12.8. The zero-order valence-electron chi connectivity index (χ0n) is 9.83. The average Bonchev–Trinajstić information content (AvgIpc) is 2.29. The third kappa shape index (κ3) is 3.97. The summed E-state index contributed by atoms with van der Waals surface area (Å²) >= 11 is 5.88. The minimum atomic E-state index is 0.0669. The van der Waals surface area contributed by atoms with Crippen molar-refractivity contribution >= 4 is 23.2 Å². The van der Waals surface area contributed by atoms with Crippen LogP contribution in [0.1, 0.15) is 12.0 Å². The molecule has 0 saturated heterocycles. The first-order chi connectivity index (χ1) is 8.04. The molecule has 1 aromatic carbocycles. The number of rotatable bonds is 4. The fraction of sp³-hybridized carbons (Fsp3) is 0.333. The maximum absolute atomic E-state index is 11.3. The second kappa shape index (κ2) is 6.12. The first-order valence-electron chi connectivity index (χ1n) is 5.18. The Hall–Kier alpha value is -1.73. The van der Waals surface area contributed by atoms with Crippen LogP contribution in [0, 0.1) is 11.3 Å². The molecule has 0 radical (unpaired) electrons. The van der Waals surface area contributed by atoms with Crippen molar-refractivity contribution in [3.63, 3.8) is 0 Å². The molecule has 1 aromatic rings. The molecule has 4 nitrogen and oxygen atoms in total. The van der Waals surface area contributed by atoms with E-state index in [4.69, 9.17) is 16.9 Å². The van der Waals surface area contributed by atoms with E-state index in [9.17, 15) is 4.79 Å². The van der Waals surface area contributed by atoms with E-state index in [1.807, 2.05) is 6.07 Å². The van der Waals surface area contributed by atoms with Crippen LogP contribution in [0.4, 0.5) is 5.69 Å². The van der Waals surface area contributed by atoms with Gasteiger partial charge in [0.25, 0.3) is 0 Å². The minimum Gasteiger partial charge on any atom is -0.384 e. The van der Waals surface area contributed by atoms with Crippen LogP contribution in [0.25, 0.3) is 0 Å². The van der Waals surface area contributed by atoms with Gasteiger partial charge in [0.05, 0.1) is 10.6 Å². The Bertz CT molecular complexity index is 452. The summed E-state index contributed by atoms with van der Waals surface area (Å²) in [6.45, 7) is 0.541. The van der Waals surface area contributed by atoms with Crippen molar-refractivity contribution in [1.29, 1.82) is 5.26 Å². The molecule has 0 heterocycles. The topological polar surface area (TPSA) is 56.1 Å². The smallest absolute Gasteiger partial charge is 0.223 e. The predicted octanol–water partition coefficient (Wildman–Crippen LogP) is 2.10. The Morgan fingerprint density at radius 2 is 2.24 bits per heavy atom. The van der Waals surface area contributed by atoms with Crippen LogP contribution in [-0.4, -0.2) is 31.4 Å². The Labute approximate surface area is 106 Å². The lowest BCUT2D eigenvalue weighted by Gasteiger charge is -2.11. The Balaban J connectivity index is 2.51. The van der Waals surface area contributed by atoms with Gasteiger partial charge >= 0.3 is 0 Å². The summed E-state index contributed by atoms with van der Waals surface area (Å²) in [5.74, 6) is 0.0669. The van der Waals surface area contributed by atoms with E-state index in [-0.39, 0.29) is 5.91 Å². The number of hydrogen-bond acceptors (Lipinski definition) is 3. The fourth-order valence-electron chi connectivity index (χ4n) is 1.25. The van der Waals surface area contributed by atoms with E-state index in [0.29, 0.717) is 23.6 Å². The summed E-state index contributed by atoms with van der Waals surface area (Å²) in [5, 5.41) is 12.2. The molecule has 0 bridgehead atoms. The van der Waals surface area contributed by atoms with Crippen molar-refractivity contribution in [3.8, 4) is 6.07 Å². The third-order valence-corrected chi connectivity index (χ3v) is 2.57. The van der Waals surface area contributed by atoms with E-state index in [1.54, 1.807) is 37.2 Å². The molecule has 0 aromatic heterocycles. The predicted molar refractivity (Wildman–Crippen MR) is 68.0 cm³/mol. The second-order valence-electron chi connectivity index (χ2n) is 3.77. The molecule has 0 unspecified atom stereocenters. The van der Waals surface area contributed by atoms with E-state index < -0.39 is 0 Å². The highest BCUT2D eigenvalue weighted by molar-refractivity contribution is 6.32. The molecule has 0 aliphatic rings. The molecule has 90 valence electrons. The largest absolute Gasteiger partial charge is 0.384 e. The molecule has 0 atom stereocenters. The number of amides is 1. The number of nitriles is 1. The molecule has 0 aliphatic heterocycles. The number of carbonyl (C=O) groups excluding carboxylic acids is 1. The van der Waals surface area contributed by atoms with Gasteiger partial charge < -0.3 is 10.2 Å². The number of benzene rings is 1. The summed E-state index contributed by atoms with van der Waals surface area (Å²) in [4.78, 5) is 12.9. The van der Waals surface area contributed by atoms with Gasteiger partial charge in [-0.25, -0.2) is 0 Å². The maximum atomic E-state index is 11.3. The van der Waals surface area contributed by atoms with Gasteiger partial charge in [-0.1, -0.05) is 11.6 Å². The zero-order valence-corrected chi connectivity index (χ0v) is 10.6. The highest BCUT2D eigenvalue weighted by Gasteiger charge is 2.04.